The van der Waals surface area contributed by atoms with E-state index in [1.165, 1.54) is 0 Å². The van der Waals surface area contributed by atoms with E-state index in [1.54, 1.807) is 57.8 Å². The number of unbranched alkanes of at least 4 members (excludes halogenated alkanes) is 1. The number of nitrogens with zero attached hydrogens (tertiary/aromatic N) is 3. The van der Waals surface area contributed by atoms with Crippen LogP contribution in [0.3, 0.4) is 0 Å². The van der Waals surface area contributed by atoms with Crippen molar-refractivity contribution in [1.29, 1.82) is 0 Å². The molecule has 2 aromatic heterocycles. The summed E-state index contributed by atoms with van der Waals surface area (Å²) in [5, 5.41) is 5.69. The molecule has 13 heteroatoms. The Balaban J connectivity index is 2.15. The van der Waals surface area contributed by atoms with Gasteiger partial charge in [0.2, 0.25) is 7.44 Å². The standard InChI is InChI=1S/C24H41N6O6P/c1-8-9-12-34-22(31)18(5)28-37(33,29-24(6,7)23(32)36-16(2)3)15-35-17(4)13-30-14-27-20-19(25)10-11-26-21(20)30/h10-11,14,16-18H,8-9,12-13,15H2,1-7H3,(H2,25,26)(H2,28,29,33)/t17-,18-,37?/m1/s1. The first-order valence-corrected chi connectivity index (χ1v) is 14.4. The molecule has 0 radical (unpaired) electrons. The topological polar surface area (TPSA) is 160 Å². The molecule has 0 aliphatic carbocycles. The van der Waals surface area contributed by atoms with E-state index in [-0.39, 0.29) is 19.1 Å². The minimum atomic E-state index is -3.67. The van der Waals surface area contributed by atoms with Crippen LogP contribution in [0.2, 0.25) is 0 Å². The first-order valence-electron chi connectivity index (χ1n) is 12.5. The van der Waals surface area contributed by atoms with Crippen LogP contribution in [0.25, 0.3) is 11.2 Å². The number of aromatic nitrogens is 3. The van der Waals surface area contributed by atoms with Crippen molar-refractivity contribution < 1.29 is 28.4 Å². The minimum absolute atomic E-state index is 0.274. The molecule has 0 saturated carbocycles. The van der Waals surface area contributed by atoms with Crippen LogP contribution in [-0.4, -0.2) is 63.2 Å². The largest absolute Gasteiger partial charge is 0.465 e. The monoisotopic (exact) mass is 540 g/mol. The molecule has 12 nitrogen and oxygen atoms in total. The minimum Gasteiger partial charge on any atom is -0.465 e. The predicted octanol–water partition coefficient (Wildman–Crippen LogP) is 3.21. The van der Waals surface area contributed by atoms with Gasteiger partial charge in [0, 0.05) is 6.20 Å². The number of imidazole rings is 1. The van der Waals surface area contributed by atoms with Gasteiger partial charge >= 0.3 is 11.9 Å². The van der Waals surface area contributed by atoms with Gasteiger partial charge < -0.3 is 24.5 Å². The van der Waals surface area contributed by atoms with Crippen LogP contribution >= 0.6 is 7.44 Å². The van der Waals surface area contributed by atoms with Crippen molar-refractivity contribution in [2.45, 2.75) is 91.6 Å². The summed E-state index contributed by atoms with van der Waals surface area (Å²) in [6.45, 7) is 12.6. The van der Waals surface area contributed by atoms with Crippen molar-refractivity contribution in [2.75, 3.05) is 18.7 Å². The van der Waals surface area contributed by atoms with Crippen molar-refractivity contribution in [3.8, 4) is 0 Å². The fraction of sp³-hybridized carbons (Fsp3) is 0.667. The van der Waals surface area contributed by atoms with Crippen molar-refractivity contribution in [3.63, 3.8) is 0 Å². The number of carbonyl (C=O) groups is 2. The zero-order chi connectivity index (χ0) is 27.8. The Morgan fingerprint density at radius 2 is 1.92 bits per heavy atom. The average Bonchev–Trinajstić information content (AvgIpc) is 3.21. The SMILES string of the molecule is CCCCOC(=O)[C@@H](C)NP(=O)(CO[C@H](C)Cn1cnc2c(N)ccnc21)NC(C)(C)C(=O)OC(C)C. The second kappa shape index (κ2) is 13.3. The Morgan fingerprint density at radius 3 is 2.57 bits per heavy atom. The van der Waals surface area contributed by atoms with Gasteiger partial charge in [-0.15, -0.1) is 0 Å². The van der Waals surface area contributed by atoms with Gasteiger partial charge in [0.25, 0.3) is 0 Å². The molecule has 1 unspecified atom stereocenters. The third kappa shape index (κ3) is 9.07. The third-order valence-electron chi connectivity index (χ3n) is 5.34. The van der Waals surface area contributed by atoms with E-state index in [0.29, 0.717) is 23.4 Å². The lowest BCUT2D eigenvalue weighted by Gasteiger charge is -2.32. The number of nitrogen functional groups attached to an aromatic ring is 1. The van der Waals surface area contributed by atoms with Crippen LogP contribution in [0, 0.1) is 0 Å². The maximum atomic E-state index is 14.0. The molecule has 4 N–H and O–H groups in total. The summed E-state index contributed by atoms with van der Waals surface area (Å²) in [5.41, 5.74) is 6.35. The number of esters is 2. The number of rotatable bonds is 15. The molecule has 37 heavy (non-hydrogen) atoms. The normalized spacial score (nSPS) is 15.4. The number of anilines is 1. The number of pyridine rings is 1. The first kappa shape index (κ1) is 30.7. The van der Waals surface area contributed by atoms with E-state index in [9.17, 15) is 14.2 Å². The van der Waals surface area contributed by atoms with E-state index >= 15 is 0 Å². The number of ether oxygens (including phenoxy) is 3. The highest BCUT2D eigenvalue weighted by molar-refractivity contribution is 7.59. The molecule has 0 aromatic carbocycles. The number of carbonyl (C=O) groups excluding carboxylic acids is 2. The molecule has 0 aliphatic rings. The number of hydrogen-bond acceptors (Lipinski definition) is 9. The van der Waals surface area contributed by atoms with E-state index in [2.05, 4.69) is 20.1 Å². The zero-order valence-corrected chi connectivity index (χ0v) is 23.7. The molecule has 3 atom stereocenters. The summed E-state index contributed by atoms with van der Waals surface area (Å²) in [6.07, 6.45) is 3.74. The molecular formula is C24H41N6O6P. The fourth-order valence-corrected chi connectivity index (χ4v) is 5.84. The Kier molecular flexibility index (Phi) is 11.0. The Morgan fingerprint density at radius 1 is 1.22 bits per heavy atom. The maximum Gasteiger partial charge on any atom is 0.326 e. The number of nitrogens with two attached hydrogens (primary N) is 1. The molecule has 2 aromatic rings. The van der Waals surface area contributed by atoms with Crippen molar-refractivity contribution in [2.24, 2.45) is 0 Å². The quantitative estimate of drug-likeness (QED) is 0.173. The Hall–Kier alpha value is -2.53. The number of nitrogens with one attached hydrogen (secondary N) is 2. The summed E-state index contributed by atoms with van der Waals surface area (Å²) in [5.74, 6) is -1.12. The highest BCUT2D eigenvalue weighted by atomic mass is 31.2. The lowest BCUT2D eigenvalue weighted by Crippen LogP contribution is -2.50. The van der Waals surface area contributed by atoms with Crippen LogP contribution in [0.4, 0.5) is 5.69 Å². The maximum absolute atomic E-state index is 14.0. The van der Waals surface area contributed by atoms with Crippen molar-refractivity contribution in [1.82, 2.24) is 24.7 Å². The van der Waals surface area contributed by atoms with Crippen LogP contribution < -0.4 is 15.9 Å². The lowest BCUT2D eigenvalue weighted by atomic mass is 10.1. The van der Waals surface area contributed by atoms with E-state index in [4.69, 9.17) is 19.9 Å². The highest BCUT2D eigenvalue weighted by Gasteiger charge is 2.39. The second-order valence-electron chi connectivity index (χ2n) is 9.88. The van der Waals surface area contributed by atoms with Gasteiger partial charge in [0.05, 0.1) is 37.4 Å². The molecule has 208 valence electrons. The second-order valence-corrected chi connectivity index (χ2v) is 12.1. The van der Waals surface area contributed by atoms with E-state index < -0.39 is 37.1 Å². The van der Waals surface area contributed by atoms with Gasteiger partial charge in [0.1, 0.15) is 23.4 Å². The summed E-state index contributed by atoms with van der Waals surface area (Å²) in [4.78, 5) is 33.7. The molecule has 0 bridgehead atoms. The molecule has 0 aliphatic heterocycles. The molecular weight excluding hydrogens is 499 g/mol. The summed E-state index contributed by atoms with van der Waals surface area (Å²) in [6, 6.07) is 0.768. The van der Waals surface area contributed by atoms with Crippen molar-refractivity contribution >= 4 is 36.2 Å². The summed E-state index contributed by atoms with van der Waals surface area (Å²) < 4.78 is 32.3. The Bertz CT molecular complexity index is 1100. The summed E-state index contributed by atoms with van der Waals surface area (Å²) in [7, 11) is -3.67. The van der Waals surface area contributed by atoms with Gasteiger partial charge in [-0.1, -0.05) is 13.3 Å². The Labute approximate surface area is 218 Å². The molecule has 2 rings (SSSR count). The molecule has 0 amide bonds. The van der Waals surface area contributed by atoms with Gasteiger partial charge in [-0.3, -0.25) is 14.2 Å². The van der Waals surface area contributed by atoms with Crippen LogP contribution in [0.5, 0.6) is 0 Å². The van der Waals surface area contributed by atoms with Gasteiger partial charge in [0.15, 0.2) is 5.65 Å². The molecule has 2 heterocycles. The first-order chi connectivity index (χ1) is 17.3. The molecule has 0 saturated heterocycles. The van der Waals surface area contributed by atoms with Gasteiger partial charge in [-0.25, -0.2) is 20.1 Å². The summed E-state index contributed by atoms with van der Waals surface area (Å²) >= 11 is 0. The van der Waals surface area contributed by atoms with E-state index in [1.807, 2.05) is 13.8 Å². The average molecular weight is 541 g/mol. The van der Waals surface area contributed by atoms with Crippen LogP contribution in [0.1, 0.15) is 61.3 Å². The smallest absolute Gasteiger partial charge is 0.326 e. The third-order valence-corrected chi connectivity index (χ3v) is 7.58. The van der Waals surface area contributed by atoms with Gasteiger partial charge in [-0.2, -0.15) is 0 Å². The van der Waals surface area contributed by atoms with Crippen molar-refractivity contribution in [3.05, 3.63) is 18.6 Å². The molecule has 0 spiro atoms. The van der Waals surface area contributed by atoms with E-state index in [0.717, 1.165) is 12.8 Å². The predicted molar refractivity (Wildman–Crippen MR) is 142 cm³/mol. The number of hydrogen-bond donors (Lipinski definition) is 3. The molecule has 0 fully saturated rings. The van der Waals surface area contributed by atoms with Crippen LogP contribution in [0.15, 0.2) is 18.6 Å². The highest BCUT2D eigenvalue weighted by Crippen LogP contribution is 2.40. The number of fused-ring (bicyclic) bond motifs is 1. The van der Waals surface area contributed by atoms with Gasteiger partial charge in [-0.05, 0) is 54.0 Å². The fourth-order valence-electron chi connectivity index (χ4n) is 3.45. The lowest BCUT2D eigenvalue weighted by molar-refractivity contribution is -0.153. The van der Waals surface area contributed by atoms with Crippen LogP contribution in [-0.2, 0) is 34.9 Å². The zero-order valence-electron chi connectivity index (χ0n) is 22.8.